The van der Waals surface area contributed by atoms with E-state index in [0.717, 1.165) is 24.8 Å². The van der Waals surface area contributed by atoms with E-state index in [4.69, 9.17) is 0 Å². The maximum absolute atomic E-state index is 9.70. The van der Waals surface area contributed by atoms with Gasteiger partial charge in [-0.25, -0.2) is 0 Å². The third-order valence-electron chi connectivity index (χ3n) is 4.88. The van der Waals surface area contributed by atoms with Crippen LogP contribution < -0.4 is 5.46 Å². The van der Waals surface area contributed by atoms with Gasteiger partial charge in [0.05, 0.1) is 5.52 Å². The highest BCUT2D eigenvalue weighted by molar-refractivity contribution is 6.59. The molecule has 4 heteroatoms. The van der Waals surface area contributed by atoms with Crippen molar-refractivity contribution in [3.05, 3.63) is 42.0 Å². The molecular formula is C20H26BNO2. The molecule has 0 fully saturated rings. The van der Waals surface area contributed by atoms with Crippen molar-refractivity contribution in [1.29, 1.82) is 0 Å². The van der Waals surface area contributed by atoms with Gasteiger partial charge in [-0.05, 0) is 36.9 Å². The first-order valence-corrected chi connectivity index (χ1v) is 9.07. The minimum absolute atomic E-state index is 0.590. The maximum atomic E-state index is 9.70. The molecule has 0 unspecified atom stereocenters. The van der Waals surface area contributed by atoms with Gasteiger partial charge in [0.1, 0.15) is 0 Å². The number of aromatic nitrogens is 1. The summed E-state index contributed by atoms with van der Waals surface area (Å²) in [5, 5.41) is 21.7. The molecule has 0 spiro atoms. The SMILES string of the molecule is CCCCCCc1cc(B(O)O)cc2c3ccccc3n(CC)c12. The summed E-state index contributed by atoms with van der Waals surface area (Å²) in [6, 6.07) is 12.3. The Kier molecular flexibility index (Phi) is 5.27. The van der Waals surface area contributed by atoms with Crippen molar-refractivity contribution in [2.45, 2.75) is 52.5 Å². The first kappa shape index (κ1) is 17.1. The van der Waals surface area contributed by atoms with E-state index in [1.54, 1.807) is 0 Å². The monoisotopic (exact) mass is 323 g/mol. The van der Waals surface area contributed by atoms with Crippen molar-refractivity contribution in [2.75, 3.05) is 0 Å². The molecular weight excluding hydrogens is 297 g/mol. The van der Waals surface area contributed by atoms with Gasteiger partial charge in [-0.3, -0.25) is 0 Å². The largest absolute Gasteiger partial charge is 0.488 e. The fourth-order valence-corrected chi connectivity index (χ4v) is 3.71. The lowest BCUT2D eigenvalue weighted by Crippen LogP contribution is -2.30. The van der Waals surface area contributed by atoms with Gasteiger partial charge in [0, 0.05) is 22.8 Å². The van der Waals surface area contributed by atoms with Gasteiger partial charge in [-0.1, -0.05) is 56.5 Å². The van der Waals surface area contributed by atoms with Gasteiger partial charge in [-0.15, -0.1) is 0 Å². The average Bonchev–Trinajstić information content (AvgIpc) is 2.92. The number of hydrogen-bond donors (Lipinski definition) is 2. The van der Waals surface area contributed by atoms with Crippen LogP contribution in [0, 0.1) is 0 Å². The second-order valence-electron chi connectivity index (χ2n) is 6.52. The molecule has 0 aliphatic heterocycles. The van der Waals surface area contributed by atoms with Gasteiger partial charge in [-0.2, -0.15) is 0 Å². The lowest BCUT2D eigenvalue weighted by molar-refractivity contribution is 0.426. The lowest BCUT2D eigenvalue weighted by Gasteiger charge is -2.11. The van der Waals surface area contributed by atoms with E-state index < -0.39 is 7.12 Å². The van der Waals surface area contributed by atoms with E-state index in [9.17, 15) is 10.0 Å². The minimum Gasteiger partial charge on any atom is -0.423 e. The van der Waals surface area contributed by atoms with Gasteiger partial charge < -0.3 is 14.6 Å². The number of fused-ring (bicyclic) bond motifs is 3. The highest BCUT2D eigenvalue weighted by Crippen LogP contribution is 2.31. The maximum Gasteiger partial charge on any atom is 0.488 e. The molecule has 1 aromatic heterocycles. The summed E-state index contributed by atoms with van der Waals surface area (Å²) >= 11 is 0. The zero-order chi connectivity index (χ0) is 17.1. The molecule has 1 heterocycles. The molecule has 0 saturated heterocycles. The predicted molar refractivity (Wildman–Crippen MR) is 103 cm³/mol. The molecule has 0 aliphatic carbocycles. The van der Waals surface area contributed by atoms with Gasteiger partial charge >= 0.3 is 7.12 Å². The summed E-state index contributed by atoms with van der Waals surface area (Å²) in [6.07, 6.45) is 5.81. The van der Waals surface area contributed by atoms with Crippen LogP contribution in [-0.4, -0.2) is 21.7 Å². The molecule has 126 valence electrons. The molecule has 0 amide bonds. The smallest absolute Gasteiger partial charge is 0.423 e. The molecule has 0 aliphatic rings. The average molecular weight is 323 g/mol. The Bertz CT molecular complexity index is 838. The third kappa shape index (κ3) is 3.08. The lowest BCUT2D eigenvalue weighted by atomic mass is 9.78. The van der Waals surface area contributed by atoms with Crippen LogP contribution >= 0.6 is 0 Å². The Morgan fingerprint density at radius 2 is 1.75 bits per heavy atom. The molecule has 3 rings (SSSR count). The van der Waals surface area contributed by atoms with Gasteiger partial charge in [0.15, 0.2) is 0 Å². The number of aryl methyl sites for hydroxylation is 2. The van der Waals surface area contributed by atoms with E-state index in [2.05, 4.69) is 36.6 Å². The number of unbranched alkanes of at least 4 members (excludes halogenated alkanes) is 3. The standard InChI is InChI=1S/C20H26BNO2/c1-3-5-6-7-10-15-13-16(21(23)24)14-18-17-11-8-9-12-19(17)22(4-2)20(15)18/h8-9,11-14,23-24H,3-7,10H2,1-2H3. The van der Waals surface area contributed by atoms with Gasteiger partial charge in [0.25, 0.3) is 0 Å². The first-order valence-electron chi connectivity index (χ1n) is 9.07. The molecule has 0 bridgehead atoms. The quantitative estimate of drug-likeness (QED) is 0.515. The Hall–Kier alpha value is -1.78. The zero-order valence-electron chi connectivity index (χ0n) is 14.6. The number of nitrogens with zero attached hydrogens (tertiary/aromatic N) is 1. The highest BCUT2D eigenvalue weighted by atomic mass is 16.4. The van der Waals surface area contributed by atoms with Crippen molar-refractivity contribution in [2.24, 2.45) is 0 Å². The van der Waals surface area contributed by atoms with Crippen LogP contribution in [0.15, 0.2) is 36.4 Å². The number of para-hydroxylation sites is 1. The van der Waals surface area contributed by atoms with E-state index in [-0.39, 0.29) is 0 Å². The highest BCUT2D eigenvalue weighted by Gasteiger charge is 2.18. The van der Waals surface area contributed by atoms with E-state index >= 15 is 0 Å². The summed E-state index contributed by atoms with van der Waals surface area (Å²) in [5.41, 5.74) is 4.28. The molecule has 3 aromatic rings. The van der Waals surface area contributed by atoms with Crippen LogP contribution in [0.1, 0.15) is 45.1 Å². The number of benzene rings is 2. The van der Waals surface area contributed by atoms with Crippen LogP contribution in [0.25, 0.3) is 21.8 Å². The fraction of sp³-hybridized carbons (Fsp3) is 0.400. The first-order chi connectivity index (χ1) is 11.7. The van der Waals surface area contributed by atoms with Crippen LogP contribution in [-0.2, 0) is 13.0 Å². The third-order valence-corrected chi connectivity index (χ3v) is 4.88. The van der Waals surface area contributed by atoms with E-state index in [0.29, 0.717) is 5.46 Å². The number of hydrogen-bond acceptors (Lipinski definition) is 2. The van der Waals surface area contributed by atoms with Gasteiger partial charge in [0.2, 0.25) is 0 Å². The molecule has 0 radical (unpaired) electrons. The van der Waals surface area contributed by atoms with Crippen molar-refractivity contribution in [3.8, 4) is 0 Å². The van der Waals surface area contributed by atoms with Crippen LogP contribution in [0.2, 0.25) is 0 Å². The molecule has 2 aromatic carbocycles. The summed E-state index contributed by atoms with van der Waals surface area (Å²) in [5.74, 6) is 0. The van der Waals surface area contributed by atoms with Crippen molar-refractivity contribution in [1.82, 2.24) is 4.57 Å². The zero-order valence-corrected chi connectivity index (χ0v) is 14.6. The topological polar surface area (TPSA) is 45.4 Å². The van der Waals surface area contributed by atoms with Crippen molar-refractivity contribution in [3.63, 3.8) is 0 Å². The Morgan fingerprint density at radius 3 is 2.46 bits per heavy atom. The Balaban J connectivity index is 2.19. The number of rotatable bonds is 7. The molecule has 24 heavy (non-hydrogen) atoms. The second-order valence-corrected chi connectivity index (χ2v) is 6.52. The van der Waals surface area contributed by atoms with E-state index in [1.807, 2.05) is 18.2 Å². The fourth-order valence-electron chi connectivity index (χ4n) is 3.71. The Morgan fingerprint density at radius 1 is 0.958 bits per heavy atom. The van der Waals surface area contributed by atoms with Crippen molar-refractivity contribution < 1.29 is 10.0 Å². The molecule has 0 atom stereocenters. The second kappa shape index (κ2) is 7.41. The van der Waals surface area contributed by atoms with Crippen LogP contribution in [0.4, 0.5) is 0 Å². The summed E-state index contributed by atoms with van der Waals surface area (Å²) < 4.78 is 2.35. The molecule has 2 N–H and O–H groups in total. The Labute approximate surface area is 144 Å². The molecule has 0 saturated carbocycles. The summed E-state index contributed by atoms with van der Waals surface area (Å²) in [6.45, 7) is 5.30. The predicted octanol–water partition coefficient (Wildman–Crippen LogP) is 3.62. The van der Waals surface area contributed by atoms with Crippen molar-refractivity contribution >= 4 is 34.4 Å². The normalized spacial score (nSPS) is 11.5. The minimum atomic E-state index is -1.42. The summed E-state index contributed by atoms with van der Waals surface area (Å²) in [7, 11) is -1.42. The summed E-state index contributed by atoms with van der Waals surface area (Å²) in [4.78, 5) is 0. The molecule has 3 nitrogen and oxygen atoms in total. The van der Waals surface area contributed by atoms with Crippen LogP contribution in [0.5, 0.6) is 0 Å². The van der Waals surface area contributed by atoms with Crippen LogP contribution in [0.3, 0.4) is 0 Å². The van der Waals surface area contributed by atoms with E-state index in [1.165, 1.54) is 41.2 Å².